The van der Waals surface area contributed by atoms with Crippen LogP contribution in [0, 0.1) is 0 Å². The van der Waals surface area contributed by atoms with Crippen LogP contribution in [0.3, 0.4) is 0 Å². The maximum absolute atomic E-state index is 3.06. The van der Waals surface area contributed by atoms with Gasteiger partial charge in [0.15, 0.2) is 0 Å². The molecule has 0 fully saturated rings. The minimum atomic E-state index is -0.446. The lowest BCUT2D eigenvalue weighted by molar-refractivity contribution is 1.74. The number of benzene rings is 6. The first kappa shape index (κ1) is 31.1. The molecule has 0 unspecified atom stereocenters. The van der Waals surface area contributed by atoms with E-state index >= 15 is 0 Å². The summed E-state index contributed by atoms with van der Waals surface area (Å²) in [5, 5.41) is 8.39. The summed E-state index contributed by atoms with van der Waals surface area (Å²) in [6.45, 7) is 0. The van der Waals surface area contributed by atoms with Crippen LogP contribution in [-0.4, -0.2) is 4.24 Å². The summed E-state index contributed by atoms with van der Waals surface area (Å²) in [5.41, 5.74) is 0. The molecule has 0 N–H and O–H groups in total. The molecule has 204 valence electrons. The van der Waals surface area contributed by atoms with E-state index < -0.39 is 15.8 Å². The van der Waals surface area contributed by atoms with Crippen molar-refractivity contribution in [3.63, 3.8) is 0 Å². The average Bonchev–Trinajstić information content (AvgIpc) is 3.05. The second kappa shape index (κ2) is 17.8. The van der Waals surface area contributed by atoms with Crippen LogP contribution < -0.4 is 31.8 Å². The van der Waals surface area contributed by atoms with Crippen molar-refractivity contribution >= 4 is 79.5 Å². The zero-order valence-corrected chi connectivity index (χ0v) is 27.6. The van der Waals surface area contributed by atoms with Gasteiger partial charge in [-0.05, 0) is 47.7 Å². The first-order valence-corrected chi connectivity index (χ1v) is 18.3. The van der Waals surface area contributed by atoms with Crippen molar-refractivity contribution in [3.8, 4) is 0 Å². The molecule has 0 aliphatic rings. The maximum atomic E-state index is 3.06. The summed E-state index contributed by atoms with van der Waals surface area (Å²) in [6, 6.07) is 64.7. The summed E-state index contributed by atoms with van der Waals surface area (Å²) < 4.78 is 0.875. The standard InChI is InChI=1S/2C18H15P.CH2Br2/c2*1-4-10-16(11-5-1)19(17-12-6-2-7-13-17)18-14-8-3-9-15-18;2-1-3/h2*1-15H;1H2. The fourth-order valence-corrected chi connectivity index (χ4v) is 8.97. The fourth-order valence-electron chi connectivity index (χ4n) is 4.36. The monoisotopic (exact) mass is 696 g/mol. The SMILES string of the molecule is BrCBr.c1ccc(P(c2ccccc2)c2ccccc2)cc1.c1ccc(P(c2ccccc2)c2ccccc2)cc1. The van der Waals surface area contributed by atoms with Crippen molar-refractivity contribution in [2.45, 2.75) is 0 Å². The van der Waals surface area contributed by atoms with Crippen LogP contribution in [0.5, 0.6) is 0 Å². The molecule has 0 saturated heterocycles. The van der Waals surface area contributed by atoms with Gasteiger partial charge in [0.05, 0.1) is 4.24 Å². The lowest BCUT2D eigenvalue weighted by atomic mass is 10.4. The zero-order chi connectivity index (χ0) is 28.5. The van der Waals surface area contributed by atoms with Gasteiger partial charge in [0.1, 0.15) is 0 Å². The molecule has 0 atom stereocenters. The van der Waals surface area contributed by atoms with E-state index in [2.05, 4.69) is 214 Å². The molecule has 0 radical (unpaired) electrons. The Labute approximate surface area is 264 Å². The van der Waals surface area contributed by atoms with Gasteiger partial charge in [-0.2, -0.15) is 0 Å². The smallest absolute Gasteiger partial charge is 0.0588 e. The Morgan fingerprint density at radius 2 is 0.390 bits per heavy atom. The first-order valence-electron chi connectivity index (χ1n) is 13.3. The zero-order valence-electron chi connectivity index (χ0n) is 22.7. The number of rotatable bonds is 6. The van der Waals surface area contributed by atoms with Crippen molar-refractivity contribution in [2.24, 2.45) is 0 Å². The highest BCUT2D eigenvalue weighted by Gasteiger charge is 2.16. The predicted molar refractivity (Wildman–Crippen MR) is 193 cm³/mol. The summed E-state index contributed by atoms with van der Waals surface area (Å²) in [7, 11) is -0.892. The normalized spacial score (nSPS) is 10.2. The van der Waals surface area contributed by atoms with Crippen molar-refractivity contribution in [2.75, 3.05) is 4.24 Å². The van der Waals surface area contributed by atoms with Crippen LogP contribution in [0.1, 0.15) is 0 Å². The summed E-state index contributed by atoms with van der Waals surface area (Å²) in [4.78, 5) is 0. The third-order valence-electron chi connectivity index (χ3n) is 6.09. The summed E-state index contributed by atoms with van der Waals surface area (Å²) in [6.07, 6.45) is 0. The van der Waals surface area contributed by atoms with Gasteiger partial charge in [-0.3, -0.25) is 0 Å². The highest BCUT2D eigenvalue weighted by molar-refractivity contribution is 9.24. The Morgan fingerprint density at radius 3 is 0.512 bits per heavy atom. The molecule has 0 spiro atoms. The third-order valence-corrected chi connectivity index (χ3v) is 11.0. The van der Waals surface area contributed by atoms with E-state index in [9.17, 15) is 0 Å². The van der Waals surface area contributed by atoms with Crippen LogP contribution in [0.25, 0.3) is 0 Å². The second-order valence-electron chi connectivity index (χ2n) is 8.79. The van der Waals surface area contributed by atoms with Crippen molar-refractivity contribution in [1.29, 1.82) is 0 Å². The number of hydrogen-bond acceptors (Lipinski definition) is 0. The molecule has 0 saturated carbocycles. The van der Waals surface area contributed by atoms with E-state index in [1.807, 2.05) is 0 Å². The van der Waals surface area contributed by atoms with Crippen LogP contribution >= 0.6 is 47.7 Å². The van der Waals surface area contributed by atoms with Gasteiger partial charge in [0.2, 0.25) is 0 Å². The number of alkyl halides is 2. The van der Waals surface area contributed by atoms with Crippen LogP contribution in [-0.2, 0) is 0 Å². The molecular formula is C37H32Br2P2. The summed E-state index contributed by atoms with van der Waals surface area (Å²) >= 11 is 6.12. The van der Waals surface area contributed by atoms with Crippen molar-refractivity contribution < 1.29 is 0 Å². The van der Waals surface area contributed by atoms with Gasteiger partial charge in [0.25, 0.3) is 0 Å². The van der Waals surface area contributed by atoms with Crippen LogP contribution in [0.2, 0.25) is 0 Å². The van der Waals surface area contributed by atoms with E-state index in [1.54, 1.807) is 0 Å². The maximum Gasteiger partial charge on any atom is 0.0588 e. The van der Waals surface area contributed by atoms with Crippen molar-refractivity contribution in [1.82, 2.24) is 0 Å². The van der Waals surface area contributed by atoms with E-state index in [-0.39, 0.29) is 0 Å². The lowest BCUT2D eigenvalue weighted by Gasteiger charge is -2.18. The summed E-state index contributed by atoms with van der Waals surface area (Å²) in [5.74, 6) is 0. The largest absolute Gasteiger partial charge is 0.0802 e. The Balaban J connectivity index is 0.000000173. The topological polar surface area (TPSA) is 0 Å². The lowest BCUT2D eigenvalue weighted by Crippen LogP contribution is -2.20. The van der Waals surface area contributed by atoms with Gasteiger partial charge >= 0.3 is 0 Å². The Hall–Kier alpha value is -2.86. The van der Waals surface area contributed by atoms with Gasteiger partial charge in [-0.1, -0.05) is 214 Å². The number of halogens is 2. The fraction of sp³-hybridized carbons (Fsp3) is 0.0270. The average molecular weight is 698 g/mol. The molecule has 6 aromatic rings. The quantitative estimate of drug-likeness (QED) is 0.121. The molecule has 0 aliphatic carbocycles. The molecule has 41 heavy (non-hydrogen) atoms. The first-order chi connectivity index (χ1) is 20.3. The Bertz CT molecular complexity index is 1190. The second-order valence-corrected chi connectivity index (χ2v) is 15.9. The van der Waals surface area contributed by atoms with E-state index in [0.717, 1.165) is 4.24 Å². The van der Waals surface area contributed by atoms with Crippen LogP contribution in [0.4, 0.5) is 0 Å². The van der Waals surface area contributed by atoms with Gasteiger partial charge < -0.3 is 0 Å². The Morgan fingerprint density at radius 1 is 0.268 bits per heavy atom. The van der Waals surface area contributed by atoms with Gasteiger partial charge in [0, 0.05) is 0 Å². The molecule has 6 aromatic carbocycles. The minimum absolute atomic E-state index is 0.446. The highest BCUT2D eigenvalue weighted by atomic mass is 79.9. The molecule has 0 bridgehead atoms. The molecule has 0 amide bonds. The van der Waals surface area contributed by atoms with E-state index in [1.165, 1.54) is 31.8 Å². The number of hydrogen-bond donors (Lipinski definition) is 0. The van der Waals surface area contributed by atoms with E-state index in [4.69, 9.17) is 0 Å². The molecule has 0 aromatic heterocycles. The van der Waals surface area contributed by atoms with Gasteiger partial charge in [-0.25, -0.2) is 0 Å². The third kappa shape index (κ3) is 9.59. The van der Waals surface area contributed by atoms with Crippen molar-refractivity contribution in [3.05, 3.63) is 182 Å². The minimum Gasteiger partial charge on any atom is -0.0802 e. The molecule has 6 rings (SSSR count). The highest BCUT2D eigenvalue weighted by Crippen LogP contribution is 2.33. The molecule has 0 nitrogen and oxygen atoms in total. The molecule has 0 heterocycles. The van der Waals surface area contributed by atoms with E-state index in [0.29, 0.717) is 0 Å². The molecule has 0 aliphatic heterocycles. The molecule has 4 heteroatoms. The predicted octanol–water partition coefficient (Wildman–Crippen LogP) is 8.62. The Kier molecular flexibility index (Phi) is 13.5. The van der Waals surface area contributed by atoms with Crippen LogP contribution in [0.15, 0.2) is 182 Å². The molecular weight excluding hydrogens is 666 g/mol. The van der Waals surface area contributed by atoms with Gasteiger partial charge in [-0.15, -0.1) is 0 Å².